The van der Waals surface area contributed by atoms with Crippen LogP contribution >= 0.6 is 0 Å². The second-order valence-corrected chi connectivity index (χ2v) is 6.73. The Morgan fingerprint density at radius 1 is 1.44 bits per heavy atom. The van der Waals surface area contributed by atoms with E-state index in [1.165, 1.54) is 4.31 Å². The third kappa shape index (κ3) is 4.08. The number of nitrogens with one attached hydrogen (secondary N) is 1. The van der Waals surface area contributed by atoms with E-state index in [4.69, 9.17) is 5.26 Å². The second-order valence-electron chi connectivity index (χ2n) is 5.11. The third-order valence-corrected chi connectivity index (χ3v) is 4.11. The van der Waals surface area contributed by atoms with Gasteiger partial charge in [0.1, 0.15) is 0 Å². The molecular weight excluding hydrogens is 226 g/mol. The normalized spacial score (nSPS) is 17.4. The maximum Gasteiger partial charge on any atom is 0.280 e. The van der Waals surface area contributed by atoms with Gasteiger partial charge < -0.3 is 0 Å². The summed E-state index contributed by atoms with van der Waals surface area (Å²) in [5.41, 5.74) is -0.487. The molecule has 6 heteroatoms. The van der Waals surface area contributed by atoms with E-state index < -0.39 is 15.7 Å². The van der Waals surface area contributed by atoms with Gasteiger partial charge in [-0.05, 0) is 33.6 Å². The van der Waals surface area contributed by atoms with Crippen molar-refractivity contribution in [2.24, 2.45) is 0 Å². The largest absolute Gasteiger partial charge is 0.280 e. The van der Waals surface area contributed by atoms with Crippen LogP contribution in [0, 0.1) is 11.3 Å². The van der Waals surface area contributed by atoms with Crippen molar-refractivity contribution in [2.75, 3.05) is 6.54 Å². The van der Waals surface area contributed by atoms with E-state index in [9.17, 15) is 8.42 Å². The molecule has 0 aliphatic heterocycles. The summed E-state index contributed by atoms with van der Waals surface area (Å²) in [5.74, 6) is 0. The standard InChI is InChI=1S/C10H19N3O2S/c1-10(2,3)12-16(14,15)13(8-4-7-11)9-5-6-9/h9,12H,4-6,8H2,1-3H3. The average Bonchev–Trinajstić information content (AvgIpc) is 2.83. The molecule has 0 aromatic carbocycles. The fraction of sp³-hybridized carbons (Fsp3) is 0.900. The van der Waals surface area contributed by atoms with E-state index in [0.717, 1.165) is 12.8 Å². The minimum absolute atomic E-state index is 0.0909. The Morgan fingerprint density at radius 2 is 2.00 bits per heavy atom. The Morgan fingerprint density at radius 3 is 2.38 bits per heavy atom. The summed E-state index contributed by atoms with van der Waals surface area (Å²) in [6.45, 7) is 5.70. The van der Waals surface area contributed by atoms with Gasteiger partial charge in [0, 0.05) is 24.5 Å². The van der Waals surface area contributed by atoms with Gasteiger partial charge in [-0.3, -0.25) is 0 Å². The molecule has 0 heterocycles. The van der Waals surface area contributed by atoms with Crippen molar-refractivity contribution in [2.45, 2.75) is 51.6 Å². The topological polar surface area (TPSA) is 73.2 Å². The Bertz CT molecular complexity index is 374. The molecule has 0 saturated heterocycles. The van der Waals surface area contributed by atoms with Crippen molar-refractivity contribution in [3.63, 3.8) is 0 Å². The Hall–Kier alpha value is -0.640. The number of nitriles is 1. The molecule has 1 fully saturated rings. The van der Waals surface area contributed by atoms with Crippen molar-refractivity contribution in [1.82, 2.24) is 9.03 Å². The lowest BCUT2D eigenvalue weighted by Crippen LogP contribution is -2.49. The fourth-order valence-corrected chi connectivity index (χ4v) is 3.29. The van der Waals surface area contributed by atoms with Crippen molar-refractivity contribution in [3.05, 3.63) is 0 Å². The van der Waals surface area contributed by atoms with Gasteiger partial charge >= 0.3 is 0 Å². The van der Waals surface area contributed by atoms with Crippen LogP contribution in [0.15, 0.2) is 0 Å². The highest BCUT2D eigenvalue weighted by Gasteiger charge is 2.38. The van der Waals surface area contributed by atoms with Crippen LogP contribution in [0.2, 0.25) is 0 Å². The smallest absolute Gasteiger partial charge is 0.198 e. The number of hydrogen-bond donors (Lipinski definition) is 1. The summed E-state index contributed by atoms with van der Waals surface area (Å²) in [6, 6.07) is 2.07. The Balaban J connectivity index is 2.73. The molecule has 0 radical (unpaired) electrons. The van der Waals surface area contributed by atoms with Crippen LogP contribution in [0.25, 0.3) is 0 Å². The SMILES string of the molecule is CC(C)(C)NS(=O)(=O)N(CCC#N)C1CC1. The third-order valence-electron chi connectivity index (χ3n) is 2.14. The molecule has 1 N–H and O–H groups in total. The lowest BCUT2D eigenvalue weighted by atomic mass is 10.1. The summed E-state index contributed by atoms with van der Waals surface area (Å²) in [4.78, 5) is 0. The lowest BCUT2D eigenvalue weighted by molar-refractivity contribution is 0.383. The Labute approximate surface area is 97.6 Å². The van der Waals surface area contributed by atoms with E-state index in [0.29, 0.717) is 0 Å². The Kier molecular flexibility index (Phi) is 3.94. The fourth-order valence-electron chi connectivity index (χ4n) is 1.47. The summed E-state index contributed by atoms with van der Waals surface area (Å²) in [6.07, 6.45) is 2.04. The maximum absolute atomic E-state index is 12.0. The molecule has 16 heavy (non-hydrogen) atoms. The average molecular weight is 245 g/mol. The van der Waals surface area contributed by atoms with Crippen LogP contribution in [-0.2, 0) is 10.2 Å². The number of hydrogen-bond acceptors (Lipinski definition) is 3. The van der Waals surface area contributed by atoms with Gasteiger partial charge in [0.25, 0.3) is 10.2 Å². The van der Waals surface area contributed by atoms with E-state index in [1.807, 2.05) is 6.07 Å². The summed E-state index contributed by atoms with van der Waals surface area (Å²) < 4.78 is 28.1. The molecule has 0 amide bonds. The van der Waals surface area contributed by atoms with Gasteiger partial charge in [-0.1, -0.05) is 0 Å². The highest BCUT2D eigenvalue weighted by Crippen LogP contribution is 2.29. The second kappa shape index (κ2) is 4.70. The minimum atomic E-state index is -3.46. The minimum Gasteiger partial charge on any atom is -0.198 e. The van der Waals surface area contributed by atoms with Gasteiger partial charge in [-0.15, -0.1) is 0 Å². The zero-order valence-corrected chi connectivity index (χ0v) is 10.8. The molecule has 0 aromatic heterocycles. The molecule has 1 rings (SSSR count). The molecule has 0 bridgehead atoms. The van der Waals surface area contributed by atoms with Crippen LogP contribution < -0.4 is 4.72 Å². The number of nitrogens with zero attached hydrogens (tertiary/aromatic N) is 2. The van der Waals surface area contributed by atoms with Gasteiger partial charge in [0.15, 0.2) is 0 Å². The molecule has 1 aliphatic rings. The van der Waals surface area contributed by atoms with Crippen LogP contribution in [0.1, 0.15) is 40.0 Å². The molecule has 0 spiro atoms. The van der Waals surface area contributed by atoms with E-state index in [1.54, 1.807) is 20.8 Å². The molecule has 0 unspecified atom stereocenters. The number of rotatable bonds is 5. The van der Waals surface area contributed by atoms with Crippen LogP contribution in [0.4, 0.5) is 0 Å². The molecule has 0 aromatic rings. The van der Waals surface area contributed by atoms with Gasteiger partial charge in [0.2, 0.25) is 0 Å². The highest BCUT2D eigenvalue weighted by molar-refractivity contribution is 7.87. The molecule has 5 nitrogen and oxygen atoms in total. The lowest BCUT2D eigenvalue weighted by Gasteiger charge is -2.27. The van der Waals surface area contributed by atoms with Crippen molar-refractivity contribution < 1.29 is 8.42 Å². The first-order chi connectivity index (χ1) is 7.26. The molecular formula is C10H19N3O2S. The molecule has 92 valence electrons. The zero-order chi connectivity index (χ0) is 12.4. The van der Waals surface area contributed by atoms with Crippen molar-refractivity contribution >= 4 is 10.2 Å². The van der Waals surface area contributed by atoms with Crippen molar-refractivity contribution in [1.29, 1.82) is 5.26 Å². The first kappa shape index (κ1) is 13.4. The van der Waals surface area contributed by atoms with E-state index in [2.05, 4.69) is 4.72 Å². The van der Waals surface area contributed by atoms with Crippen LogP contribution in [-0.4, -0.2) is 30.8 Å². The first-order valence-electron chi connectivity index (χ1n) is 5.44. The maximum atomic E-state index is 12.0. The van der Waals surface area contributed by atoms with E-state index in [-0.39, 0.29) is 19.0 Å². The van der Waals surface area contributed by atoms with Gasteiger partial charge in [-0.25, -0.2) is 0 Å². The predicted molar refractivity (Wildman–Crippen MR) is 61.8 cm³/mol. The summed E-state index contributed by atoms with van der Waals surface area (Å²) in [7, 11) is -3.46. The van der Waals surface area contributed by atoms with E-state index >= 15 is 0 Å². The van der Waals surface area contributed by atoms with Gasteiger partial charge in [0.05, 0.1) is 6.07 Å². The monoisotopic (exact) mass is 245 g/mol. The van der Waals surface area contributed by atoms with Crippen LogP contribution in [0.5, 0.6) is 0 Å². The van der Waals surface area contributed by atoms with Crippen molar-refractivity contribution in [3.8, 4) is 6.07 Å². The highest BCUT2D eigenvalue weighted by atomic mass is 32.2. The zero-order valence-electron chi connectivity index (χ0n) is 10.0. The molecule has 1 saturated carbocycles. The molecule has 0 atom stereocenters. The summed E-state index contributed by atoms with van der Waals surface area (Å²) >= 11 is 0. The molecule has 1 aliphatic carbocycles. The van der Waals surface area contributed by atoms with Crippen LogP contribution in [0.3, 0.4) is 0 Å². The summed E-state index contributed by atoms with van der Waals surface area (Å²) in [5, 5.41) is 8.52. The first-order valence-corrected chi connectivity index (χ1v) is 6.88. The van der Waals surface area contributed by atoms with Gasteiger partial charge in [-0.2, -0.15) is 22.7 Å². The quantitative estimate of drug-likeness (QED) is 0.785. The predicted octanol–water partition coefficient (Wildman–Crippen LogP) is 0.997.